The Morgan fingerprint density at radius 2 is 1.85 bits per heavy atom. The predicted molar refractivity (Wildman–Crippen MR) is 103 cm³/mol. The van der Waals surface area contributed by atoms with Crippen LogP contribution in [0.5, 0.6) is 0 Å². The van der Waals surface area contributed by atoms with E-state index in [2.05, 4.69) is 12.2 Å². The van der Waals surface area contributed by atoms with Crippen molar-refractivity contribution >= 4 is 6.09 Å². The Labute approximate surface area is 159 Å². The van der Waals surface area contributed by atoms with Crippen LogP contribution in [0.25, 0.3) is 0 Å². The number of amides is 1. The Balaban J connectivity index is 2.08. The average Bonchev–Trinajstić information content (AvgIpc) is 2.52. The van der Waals surface area contributed by atoms with E-state index in [-0.39, 0.29) is 24.3 Å². The van der Waals surface area contributed by atoms with Gasteiger partial charge in [-0.15, -0.1) is 0 Å². The Morgan fingerprint density at radius 3 is 2.42 bits per heavy atom. The van der Waals surface area contributed by atoms with Gasteiger partial charge in [-0.2, -0.15) is 0 Å². The highest BCUT2D eigenvalue weighted by Crippen LogP contribution is 2.34. The number of carbonyl (C=O) groups is 1. The van der Waals surface area contributed by atoms with Crippen molar-refractivity contribution in [3.8, 4) is 0 Å². The largest absolute Gasteiger partial charge is 0.444 e. The molecule has 0 spiro atoms. The smallest absolute Gasteiger partial charge is 0.407 e. The lowest BCUT2D eigenvalue weighted by atomic mass is 9.82. The molecule has 0 aromatic rings. The topological polar surface area (TPSA) is 56.8 Å². The number of hydrogen-bond donors (Lipinski definition) is 1. The third-order valence-corrected chi connectivity index (χ3v) is 5.30. The van der Waals surface area contributed by atoms with Crippen LogP contribution in [0, 0.1) is 5.92 Å². The van der Waals surface area contributed by atoms with E-state index < -0.39 is 11.4 Å². The van der Waals surface area contributed by atoms with E-state index in [1.807, 2.05) is 34.6 Å². The summed E-state index contributed by atoms with van der Waals surface area (Å²) in [5.74, 6) is 0.0302. The van der Waals surface area contributed by atoms with Crippen LogP contribution >= 0.6 is 0 Å². The molecule has 0 aromatic heterocycles. The summed E-state index contributed by atoms with van der Waals surface area (Å²) in [7, 11) is 0. The van der Waals surface area contributed by atoms with Gasteiger partial charge in [-0.3, -0.25) is 0 Å². The minimum Gasteiger partial charge on any atom is -0.444 e. The molecule has 1 heterocycles. The van der Waals surface area contributed by atoms with Gasteiger partial charge < -0.3 is 19.5 Å². The van der Waals surface area contributed by atoms with Gasteiger partial charge >= 0.3 is 6.09 Å². The molecular formula is C21H39NO4. The van der Waals surface area contributed by atoms with Crippen molar-refractivity contribution in [2.24, 2.45) is 5.92 Å². The van der Waals surface area contributed by atoms with Crippen molar-refractivity contribution in [2.75, 3.05) is 0 Å². The van der Waals surface area contributed by atoms with Crippen LogP contribution in [0.1, 0.15) is 92.9 Å². The summed E-state index contributed by atoms with van der Waals surface area (Å²) in [5, 5.41) is 3.13. The van der Waals surface area contributed by atoms with Gasteiger partial charge in [0.2, 0.25) is 0 Å². The van der Waals surface area contributed by atoms with Gasteiger partial charge in [0.05, 0.1) is 18.2 Å². The molecule has 3 atom stereocenters. The normalized spacial score (nSPS) is 28.4. The second-order valence-corrected chi connectivity index (χ2v) is 9.43. The third kappa shape index (κ3) is 7.07. The molecular weight excluding hydrogens is 330 g/mol. The molecule has 26 heavy (non-hydrogen) atoms. The highest BCUT2D eigenvalue weighted by Gasteiger charge is 2.40. The van der Waals surface area contributed by atoms with Crippen LogP contribution in [0.15, 0.2) is 0 Å². The molecule has 1 N–H and O–H groups in total. The fourth-order valence-electron chi connectivity index (χ4n) is 4.19. The first-order valence-electron chi connectivity index (χ1n) is 10.4. The number of carbonyl (C=O) groups excluding carboxylic acids is 1. The summed E-state index contributed by atoms with van der Waals surface area (Å²) in [4.78, 5) is 12.4. The summed E-state index contributed by atoms with van der Waals surface area (Å²) in [6.45, 7) is 11.7. The standard InChI is InChI=1S/C21H39NO4/c1-7-16-14-18(25-21(5,6)24-16)17(13-15-11-9-8-10-12-15)22-19(23)26-20(2,3)4/h15-18H,7-14H2,1-6H3,(H,22,23)/t16-,17-,18-/m0/s1. The maximum absolute atomic E-state index is 12.4. The van der Waals surface area contributed by atoms with E-state index >= 15 is 0 Å². The molecule has 5 heteroatoms. The van der Waals surface area contributed by atoms with Crippen LogP contribution in [0.4, 0.5) is 4.79 Å². The molecule has 0 radical (unpaired) electrons. The predicted octanol–water partition coefficient (Wildman–Crippen LogP) is 5.17. The molecule has 0 bridgehead atoms. The van der Waals surface area contributed by atoms with Gasteiger partial charge in [0, 0.05) is 6.42 Å². The van der Waals surface area contributed by atoms with Gasteiger partial charge in [-0.1, -0.05) is 39.0 Å². The van der Waals surface area contributed by atoms with Gasteiger partial charge in [0.25, 0.3) is 0 Å². The van der Waals surface area contributed by atoms with Crippen LogP contribution in [0.3, 0.4) is 0 Å². The first kappa shape index (κ1) is 21.5. The van der Waals surface area contributed by atoms with Crippen molar-refractivity contribution in [3.63, 3.8) is 0 Å². The van der Waals surface area contributed by atoms with Gasteiger partial charge in [-0.25, -0.2) is 4.79 Å². The van der Waals surface area contributed by atoms with Gasteiger partial charge in [0.15, 0.2) is 5.79 Å². The van der Waals surface area contributed by atoms with E-state index in [0.29, 0.717) is 5.92 Å². The van der Waals surface area contributed by atoms with Crippen molar-refractivity contribution < 1.29 is 19.0 Å². The molecule has 1 aliphatic heterocycles. The van der Waals surface area contributed by atoms with Crippen molar-refractivity contribution in [3.05, 3.63) is 0 Å². The molecule has 2 aliphatic rings. The quantitative estimate of drug-likeness (QED) is 0.726. The molecule has 1 saturated heterocycles. The zero-order valence-electron chi connectivity index (χ0n) is 17.6. The monoisotopic (exact) mass is 369 g/mol. The number of ether oxygens (including phenoxy) is 3. The highest BCUT2D eigenvalue weighted by atomic mass is 16.7. The van der Waals surface area contributed by atoms with E-state index in [9.17, 15) is 4.79 Å². The minimum atomic E-state index is -0.621. The average molecular weight is 370 g/mol. The second kappa shape index (κ2) is 8.92. The molecule has 1 amide bonds. The molecule has 1 saturated carbocycles. The lowest BCUT2D eigenvalue weighted by Crippen LogP contribution is -2.54. The number of rotatable bonds is 5. The zero-order valence-corrected chi connectivity index (χ0v) is 17.6. The summed E-state index contributed by atoms with van der Waals surface area (Å²) in [6.07, 6.45) is 8.90. The van der Waals surface area contributed by atoms with E-state index in [1.54, 1.807) is 0 Å². The Kier molecular flexibility index (Phi) is 7.37. The Hall–Kier alpha value is -0.810. The molecule has 0 aromatic carbocycles. The number of nitrogens with one attached hydrogen (secondary N) is 1. The first-order chi connectivity index (χ1) is 12.1. The Morgan fingerprint density at radius 1 is 1.19 bits per heavy atom. The lowest BCUT2D eigenvalue weighted by molar-refractivity contribution is -0.304. The molecule has 2 rings (SSSR count). The van der Waals surface area contributed by atoms with Gasteiger partial charge in [-0.05, 0) is 53.4 Å². The molecule has 0 unspecified atom stereocenters. The summed E-state index contributed by atoms with van der Waals surface area (Å²) >= 11 is 0. The SMILES string of the molecule is CC[C@H]1C[C@@H]([C@H](CC2CCCCC2)NC(=O)OC(C)(C)C)OC(C)(C)O1. The molecule has 152 valence electrons. The number of hydrogen-bond acceptors (Lipinski definition) is 4. The summed E-state index contributed by atoms with van der Waals surface area (Å²) in [5.41, 5.74) is -0.499. The van der Waals surface area contributed by atoms with E-state index in [4.69, 9.17) is 14.2 Å². The summed E-state index contributed by atoms with van der Waals surface area (Å²) in [6, 6.07) is -0.0369. The zero-order chi connectivity index (χ0) is 19.4. The van der Waals surface area contributed by atoms with Gasteiger partial charge in [0.1, 0.15) is 5.60 Å². The minimum absolute atomic E-state index is 0.0369. The third-order valence-electron chi connectivity index (χ3n) is 5.30. The molecule has 1 aliphatic carbocycles. The number of alkyl carbamates (subject to hydrolysis) is 1. The van der Waals surface area contributed by atoms with Crippen LogP contribution in [0.2, 0.25) is 0 Å². The van der Waals surface area contributed by atoms with Crippen molar-refractivity contribution in [1.29, 1.82) is 0 Å². The molecule has 5 nitrogen and oxygen atoms in total. The fourth-order valence-corrected chi connectivity index (χ4v) is 4.19. The maximum Gasteiger partial charge on any atom is 0.407 e. The van der Waals surface area contributed by atoms with Crippen LogP contribution < -0.4 is 5.32 Å². The van der Waals surface area contributed by atoms with E-state index in [0.717, 1.165) is 19.3 Å². The fraction of sp³-hybridized carbons (Fsp3) is 0.952. The second-order valence-electron chi connectivity index (χ2n) is 9.43. The van der Waals surface area contributed by atoms with Crippen LogP contribution in [-0.4, -0.2) is 35.7 Å². The summed E-state index contributed by atoms with van der Waals surface area (Å²) < 4.78 is 17.8. The Bertz CT molecular complexity index is 451. The van der Waals surface area contributed by atoms with Crippen molar-refractivity contribution in [1.82, 2.24) is 5.32 Å². The first-order valence-corrected chi connectivity index (χ1v) is 10.4. The molecule has 2 fully saturated rings. The van der Waals surface area contributed by atoms with E-state index in [1.165, 1.54) is 32.1 Å². The van der Waals surface area contributed by atoms with Crippen LogP contribution in [-0.2, 0) is 14.2 Å². The van der Waals surface area contributed by atoms with Crippen molar-refractivity contribution in [2.45, 2.75) is 123 Å². The highest BCUT2D eigenvalue weighted by molar-refractivity contribution is 5.68. The maximum atomic E-state index is 12.4. The lowest BCUT2D eigenvalue weighted by Gasteiger charge is -2.44.